The van der Waals surface area contributed by atoms with Crippen LogP contribution in [0.3, 0.4) is 0 Å². The largest absolute Gasteiger partial charge is 0.464 e. The molecular formula is C19H27NO4S. The lowest BCUT2D eigenvalue weighted by molar-refractivity contribution is -0.148. The molecule has 1 aliphatic carbocycles. The number of hydrogen-bond donors (Lipinski definition) is 0. The van der Waals surface area contributed by atoms with Crippen molar-refractivity contribution in [2.75, 3.05) is 12.4 Å². The van der Waals surface area contributed by atoms with Crippen LogP contribution in [-0.4, -0.2) is 40.6 Å². The van der Waals surface area contributed by atoms with Crippen LogP contribution >= 0.6 is 11.8 Å². The second kappa shape index (κ2) is 8.79. The number of ether oxygens (including phenoxy) is 1. The first-order chi connectivity index (χ1) is 12.2. The zero-order valence-electron chi connectivity index (χ0n) is 14.8. The molecule has 25 heavy (non-hydrogen) atoms. The molecule has 1 saturated heterocycles. The first-order valence-corrected chi connectivity index (χ1v) is 10.4. The van der Waals surface area contributed by atoms with Gasteiger partial charge in [-0.25, -0.2) is 4.79 Å². The SMILES string of the molecule is CCCCOC(=O)C1CSC(C2CCCCC2)N1C(=O)c1ccco1. The van der Waals surface area contributed by atoms with Crippen LogP contribution in [0.1, 0.15) is 62.4 Å². The summed E-state index contributed by atoms with van der Waals surface area (Å²) < 4.78 is 10.7. The van der Waals surface area contributed by atoms with Crippen LogP contribution < -0.4 is 0 Å². The van der Waals surface area contributed by atoms with Gasteiger partial charge >= 0.3 is 5.97 Å². The zero-order chi connectivity index (χ0) is 17.6. The zero-order valence-corrected chi connectivity index (χ0v) is 15.6. The molecule has 1 aliphatic heterocycles. The maximum absolute atomic E-state index is 13.0. The van der Waals surface area contributed by atoms with Crippen LogP contribution in [0.25, 0.3) is 0 Å². The molecule has 2 unspecified atom stereocenters. The summed E-state index contributed by atoms with van der Waals surface area (Å²) in [6.45, 7) is 2.48. The van der Waals surface area contributed by atoms with Gasteiger partial charge in [-0.1, -0.05) is 32.6 Å². The number of nitrogens with zero attached hydrogens (tertiary/aromatic N) is 1. The molecule has 0 spiro atoms. The molecule has 2 heterocycles. The lowest BCUT2D eigenvalue weighted by Gasteiger charge is -2.34. The Morgan fingerprint density at radius 1 is 1.32 bits per heavy atom. The van der Waals surface area contributed by atoms with E-state index in [0.717, 1.165) is 25.7 Å². The molecule has 2 fully saturated rings. The molecule has 138 valence electrons. The molecule has 1 amide bonds. The third-order valence-corrected chi connectivity index (χ3v) is 6.53. The predicted molar refractivity (Wildman–Crippen MR) is 97.4 cm³/mol. The highest BCUT2D eigenvalue weighted by molar-refractivity contribution is 8.00. The molecule has 0 aromatic carbocycles. The summed E-state index contributed by atoms with van der Waals surface area (Å²) in [5, 5.41) is 0.0432. The number of carbonyl (C=O) groups excluding carboxylic acids is 2. The number of thioether (sulfide) groups is 1. The van der Waals surface area contributed by atoms with Crippen LogP contribution in [0.5, 0.6) is 0 Å². The number of hydrogen-bond acceptors (Lipinski definition) is 5. The Labute approximate surface area is 153 Å². The molecule has 0 radical (unpaired) electrons. The molecule has 1 aromatic heterocycles. The van der Waals surface area contributed by atoms with Crippen LogP contribution in [0.4, 0.5) is 0 Å². The number of carbonyl (C=O) groups is 2. The highest BCUT2D eigenvalue weighted by atomic mass is 32.2. The van der Waals surface area contributed by atoms with E-state index in [1.54, 1.807) is 28.8 Å². The van der Waals surface area contributed by atoms with E-state index in [0.29, 0.717) is 24.0 Å². The smallest absolute Gasteiger partial charge is 0.329 e. The van der Waals surface area contributed by atoms with Crippen LogP contribution in [-0.2, 0) is 9.53 Å². The van der Waals surface area contributed by atoms with Crippen molar-refractivity contribution in [1.29, 1.82) is 0 Å². The fraction of sp³-hybridized carbons (Fsp3) is 0.684. The Hall–Kier alpha value is -1.43. The van der Waals surface area contributed by atoms with Crippen molar-refractivity contribution in [3.8, 4) is 0 Å². The third kappa shape index (κ3) is 4.22. The molecule has 5 nitrogen and oxygen atoms in total. The fourth-order valence-corrected chi connectivity index (χ4v) is 5.31. The molecule has 6 heteroatoms. The Morgan fingerprint density at radius 2 is 2.12 bits per heavy atom. The van der Waals surface area contributed by atoms with Gasteiger partial charge in [0.2, 0.25) is 0 Å². The lowest BCUT2D eigenvalue weighted by Crippen LogP contribution is -2.48. The van der Waals surface area contributed by atoms with E-state index >= 15 is 0 Å². The Morgan fingerprint density at radius 3 is 2.80 bits per heavy atom. The monoisotopic (exact) mass is 365 g/mol. The molecule has 0 bridgehead atoms. The van der Waals surface area contributed by atoms with Gasteiger partial charge in [-0.3, -0.25) is 4.79 Å². The van der Waals surface area contributed by atoms with Gasteiger partial charge in [0.1, 0.15) is 6.04 Å². The van der Waals surface area contributed by atoms with Crippen LogP contribution in [0.15, 0.2) is 22.8 Å². The first-order valence-electron chi connectivity index (χ1n) is 9.36. The number of rotatable bonds is 6. The molecule has 2 aliphatic rings. The van der Waals surface area contributed by atoms with E-state index < -0.39 is 6.04 Å². The molecule has 2 atom stereocenters. The summed E-state index contributed by atoms with van der Waals surface area (Å²) in [6, 6.07) is 2.87. The van der Waals surface area contributed by atoms with E-state index in [-0.39, 0.29) is 17.3 Å². The average Bonchev–Trinajstić information content (AvgIpc) is 3.32. The van der Waals surface area contributed by atoms with Gasteiger partial charge in [0.05, 0.1) is 18.2 Å². The summed E-state index contributed by atoms with van der Waals surface area (Å²) in [6.07, 6.45) is 9.25. The predicted octanol–water partition coefficient (Wildman–Crippen LogP) is 4.09. The summed E-state index contributed by atoms with van der Waals surface area (Å²) in [5.74, 6) is 0.890. The lowest BCUT2D eigenvalue weighted by atomic mass is 9.88. The minimum Gasteiger partial charge on any atom is -0.464 e. The van der Waals surface area contributed by atoms with E-state index in [1.807, 2.05) is 0 Å². The van der Waals surface area contributed by atoms with Gasteiger partial charge in [-0.2, -0.15) is 0 Å². The van der Waals surface area contributed by atoms with Gasteiger partial charge in [-0.15, -0.1) is 11.8 Å². The van der Waals surface area contributed by atoms with Crippen molar-refractivity contribution in [3.05, 3.63) is 24.2 Å². The van der Waals surface area contributed by atoms with Crippen molar-refractivity contribution >= 4 is 23.6 Å². The standard InChI is InChI=1S/C19H27NO4S/c1-2-3-11-24-19(22)15-13-25-18(14-8-5-4-6-9-14)20(15)17(21)16-10-7-12-23-16/h7,10,12,14-15,18H,2-6,8-9,11,13H2,1H3. The fourth-order valence-electron chi connectivity index (χ4n) is 3.69. The molecular weight excluding hydrogens is 338 g/mol. The van der Waals surface area contributed by atoms with E-state index in [1.165, 1.54) is 25.5 Å². The maximum atomic E-state index is 13.0. The normalized spacial score (nSPS) is 24.4. The highest BCUT2D eigenvalue weighted by Gasteiger charge is 2.46. The average molecular weight is 365 g/mol. The van der Waals surface area contributed by atoms with Crippen molar-refractivity contribution < 1.29 is 18.7 Å². The van der Waals surface area contributed by atoms with E-state index in [2.05, 4.69) is 6.92 Å². The molecule has 3 rings (SSSR count). The van der Waals surface area contributed by atoms with Gasteiger partial charge in [0.15, 0.2) is 5.76 Å². The second-order valence-corrected chi connectivity index (χ2v) is 8.00. The molecule has 0 N–H and O–H groups in total. The van der Waals surface area contributed by atoms with Crippen molar-refractivity contribution in [3.63, 3.8) is 0 Å². The Bertz CT molecular complexity index is 568. The quantitative estimate of drug-likeness (QED) is 0.561. The third-order valence-electron chi connectivity index (χ3n) is 5.07. The number of furan rings is 1. The van der Waals surface area contributed by atoms with Gasteiger partial charge in [-0.05, 0) is 37.3 Å². The van der Waals surface area contributed by atoms with Crippen molar-refractivity contribution in [2.45, 2.75) is 63.3 Å². The number of unbranched alkanes of at least 4 members (excludes halogenated alkanes) is 1. The van der Waals surface area contributed by atoms with Gasteiger partial charge in [0, 0.05) is 5.75 Å². The summed E-state index contributed by atoms with van der Waals surface area (Å²) in [7, 11) is 0. The Kier molecular flexibility index (Phi) is 6.45. The summed E-state index contributed by atoms with van der Waals surface area (Å²) in [5.41, 5.74) is 0. The summed E-state index contributed by atoms with van der Waals surface area (Å²) in [4.78, 5) is 27.3. The van der Waals surface area contributed by atoms with E-state index in [9.17, 15) is 9.59 Å². The molecule has 1 saturated carbocycles. The highest BCUT2D eigenvalue weighted by Crippen LogP contribution is 2.41. The number of esters is 1. The molecule has 1 aromatic rings. The number of amides is 1. The van der Waals surface area contributed by atoms with Gasteiger partial charge < -0.3 is 14.1 Å². The minimum atomic E-state index is -0.508. The summed E-state index contributed by atoms with van der Waals surface area (Å²) >= 11 is 1.72. The topological polar surface area (TPSA) is 59.8 Å². The van der Waals surface area contributed by atoms with Gasteiger partial charge in [0.25, 0.3) is 5.91 Å². The second-order valence-electron chi connectivity index (χ2n) is 6.85. The maximum Gasteiger partial charge on any atom is 0.329 e. The van der Waals surface area contributed by atoms with Crippen LogP contribution in [0.2, 0.25) is 0 Å². The van der Waals surface area contributed by atoms with Crippen LogP contribution in [0, 0.1) is 5.92 Å². The minimum absolute atomic E-state index is 0.0432. The van der Waals surface area contributed by atoms with E-state index in [4.69, 9.17) is 9.15 Å². The van der Waals surface area contributed by atoms with Crippen molar-refractivity contribution in [2.24, 2.45) is 5.92 Å². The Balaban J connectivity index is 1.77. The van der Waals surface area contributed by atoms with Crippen molar-refractivity contribution in [1.82, 2.24) is 4.90 Å². The first kappa shape index (κ1) is 18.4.